The zero-order chi connectivity index (χ0) is 26.4. The number of nitrogens with zero attached hydrogens (tertiary/aromatic N) is 3. The van der Waals surface area contributed by atoms with Crippen molar-refractivity contribution in [3.8, 4) is 5.88 Å². The Morgan fingerprint density at radius 2 is 1.77 bits per heavy atom. The van der Waals surface area contributed by atoms with Gasteiger partial charge in [-0.1, -0.05) is 11.6 Å². The summed E-state index contributed by atoms with van der Waals surface area (Å²) >= 11 is 9.09. The first-order chi connectivity index (χ1) is 16.1. The van der Waals surface area contributed by atoms with E-state index in [1.165, 1.54) is 12.5 Å². The van der Waals surface area contributed by atoms with E-state index < -0.39 is 34.9 Å². The SMILES string of the molecule is CC(C)(C)OC(=O)Cn1cnc(OC[C@@H](Cc2ccc(Cl)cn2)NC(=O)OC(C)(C)C)c(Br)c1=O. The molecule has 192 valence electrons. The summed E-state index contributed by atoms with van der Waals surface area (Å²) in [6.07, 6.45) is 2.39. The van der Waals surface area contributed by atoms with Gasteiger partial charge in [0.1, 0.15) is 35.2 Å². The zero-order valence-electron chi connectivity index (χ0n) is 20.6. The molecule has 2 aromatic heterocycles. The molecule has 12 heteroatoms. The van der Waals surface area contributed by atoms with Crippen molar-refractivity contribution in [2.75, 3.05) is 6.61 Å². The average Bonchev–Trinajstić information content (AvgIpc) is 2.69. The molecule has 0 radical (unpaired) electrons. The predicted molar refractivity (Wildman–Crippen MR) is 134 cm³/mol. The number of hydrogen-bond acceptors (Lipinski definition) is 8. The highest BCUT2D eigenvalue weighted by atomic mass is 79.9. The maximum absolute atomic E-state index is 12.7. The minimum atomic E-state index is -0.683. The Morgan fingerprint density at radius 1 is 1.11 bits per heavy atom. The molecular weight excluding hydrogens is 544 g/mol. The van der Waals surface area contributed by atoms with Crippen molar-refractivity contribution in [3.63, 3.8) is 0 Å². The zero-order valence-corrected chi connectivity index (χ0v) is 22.9. The van der Waals surface area contributed by atoms with Gasteiger partial charge in [-0.2, -0.15) is 0 Å². The highest BCUT2D eigenvalue weighted by Gasteiger charge is 2.22. The standard InChI is InChI=1S/C23H30BrClN4O6/c1-22(2,3)34-17(30)11-29-13-27-19(18(24)20(29)31)33-12-16(28-21(32)35-23(4,5)6)9-15-8-7-14(25)10-26-15/h7-8,10,13,16H,9,11-12H2,1-6H3,(H,28,32)/t16-/m1/s1. The number of hydrogen-bond donors (Lipinski definition) is 1. The molecule has 0 saturated carbocycles. The highest BCUT2D eigenvalue weighted by molar-refractivity contribution is 9.10. The van der Waals surface area contributed by atoms with E-state index in [1.54, 1.807) is 53.7 Å². The summed E-state index contributed by atoms with van der Waals surface area (Å²) in [5.74, 6) is -0.561. The van der Waals surface area contributed by atoms with Gasteiger partial charge < -0.3 is 19.5 Å². The number of nitrogens with one attached hydrogen (secondary N) is 1. The molecule has 0 saturated heterocycles. The number of pyridine rings is 1. The van der Waals surface area contributed by atoms with Gasteiger partial charge in [0.05, 0.1) is 11.1 Å². The van der Waals surface area contributed by atoms with Crippen molar-refractivity contribution < 1.29 is 23.8 Å². The van der Waals surface area contributed by atoms with Crippen molar-refractivity contribution in [3.05, 3.63) is 50.2 Å². The first kappa shape index (κ1) is 28.6. The quantitative estimate of drug-likeness (QED) is 0.472. The Hall–Kier alpha value is -2.66. The Kier molecular flexibility index (Phi) is 9.68. The Bertz CT molecular complexity index is 1090. The molecule has 1 N–H and O–H groups in total. The van der Waals surface area contributed by atoms with E-state index in [0.29, 0.717) is 17.1 Å². The van der Waals surface area contributed by atoms with E-state index in [0.717, 1.165) is 4.57 Å². The number of aromatic nitrogens is 3. The fourth-order valence-corrected chi connectivity index (χ4v) is 3.32. The molecular formula is C23H30BrClN4O6. The lowest BCUT2D eigenvalue weighted by Crippen LogP contribution is -2.43. The summed E-state index contributed by atoms with van der Waals surface area (Å²) in [6, 6.07) is 2.87. The Balaban J connectivity index is 2.14. The number of alkyl carbamates (subject to hydrolysis) is 1. The third-order valence-electron chi connectivity index (χ3n) is 4.06. The molecule has 0 aliphatic heterocycles. The van der Waals surface area contributed by atoms with Gasteiger partial charge in [-0.15, -0.1) is 0 Å². The number of carbonyl (C=O) groups is 2. The lowest BCUT2D eigenvalue weighted by Gasteiger charge is -2.23. The van der Waals surface area contributed by atoms with E-state index in [2.05, 4.69) is 31.2 Å². The molecule has 0 aliphatic carbocycles. The summed E-state index contributed by atoms with van der Waals surface area (Å²) < 4.78 is 17.5. The second-order valence-electron chi connectivity index (χ2n) is 9.71. The monoisotopic (exact) mass is 572 g/mol. The van der Waals surface area contributed by atoms with Crippen LogP contribution in [0, 0.1) is 0 Å². The molecule has 2 heterocycles. The second kappa shape index (κ2) is 11.9. The van der Waals surface area contributed by atoms with Crippen molar-refractivity contribution in [2.24, 2.45) is 0 Å². The van der Waals surface area contributed by atoms with E-state index in [9.17, 15) is 14.4 Å². The van der Waals surface area contributed by atoms with Crippen molar-refractivity contribution >= 4 is 39.6 Å². The molecule has 35 heavy (non-hydrogen) atoms. The van der Waals surface area contributed by atoms with Crippen LogP contribution < -0.4 is 15.6 Å². The van der Waals surface area contributed by atoms with Crippen LogP contribution in [-0.4, -0.2) is 50.4 Å². The Morgan fingerprint density at radius 3 is 2.34 bits per heavy atom. The lowest BCUT2D eigenvalue weighted by atomic mass is 10.1. The van der Waals surface area contributed by atoms with Gasteiger partial charge in [0.15, 0.2) is 0 Å². The van der Waals surface area contributed by atoms with E-state index in [1.807, 2.05) is 0 Å². The largest absolute Gasteiger partial charge is 0.474 e. The summed E-state index contributed by atoms with van der Waals surface area (Å²) in [6.45, 7) is 10.1. The normalized spacial score (nSPS) is 12.6. The van der Waals surface area contributed by atoms with Gasteiger partial charge in [0.2, 0.25) is 5.88 Å². The van der Waals surface area contributed by atoms with Crippen LogP contribution in [-0.2, 0) is 27.2 Å². The molecule has 10 nitrogen and oxygen atoms in total. The first-order valence-electron chi connectivity index (χ1n) is 10.8. The van der Waals surface area contributed by atoms with Gasteiger partial charge in [-0.3, -0.25) is 19.1 Å². The minimum Gasteiger partial charge on any atom is -0.474 e. The fourth-order valence-electron chi connectivity index (χ4n) is 2.76. The topological polar surface area (TPSA) is 122 Å². The smallest absolute Gasteiger partial charge is 0.408 e. The number of esters is 1. The maximum atomic E-state index is 12.7. The van der Waals surface area contributed by atoms with Gasteiger partial charge in [0.25, 0.3) is 5.56 Å². The summed E-state index contributed by atoms with van der Waals surface area (Å²) in [4.78, 5) is 45.5. The molecule has 0 aliphatic rings. The molecule has 2 rings (SSSR count). The van der Waals surface area contributed by atoms with E-state index in [4.69, 9.17) is 25.8 Å². The van der Waals surface area contributed by atoms with Crippen molar-refractivity contribution in [2.45, 2.75) is 71.8 Å². The van der Waals surface area contributed by atoms with Crippen LogP contribution in [0.5, 0.6) is 5.88 Å². The van der Waals surface area contributed by atoms with Gasteiger partial charge >= 0.3 is 12.1 Å². The van der Waals surface area contributed by atoms with Gasteiger partial charge in [-0.25, -0.2) is 9.78 Å². The first-order valence-corrected chi connectivity index (χ1v) is 12.0. The summed E-state index contributed by atoms with van der Waals surface area (Å²) in [5.41, 5.74) is -1.21. The van der Waals surface area contributed by atoms with Crippen molar-refractivity contribution in [1.82, 2.24) is 19.9 Å². The number of amides is 1. The third-order valence-corrected chi connectivity index (χ3v) is 4.96. The van der Waals surface area contributed by atoms with Crippen LogP contribution in [0.15, 0.2) is 33.9 Å². The number of halogens is 2. The summed E-state index contributed by atoms with van der Waals surface area (Å²) in [7, 11) is 0. The second-order valence-corrected chi connectivity index (χ2v) is 10.9. The number of carbonyl (C=O) groups excluding carboxylic acids is 2. The Labute approximate surface area is 217 Å². The van der Waals surface area contributed by atoms with Crippen LogP contribution in [0.2, 0.25) is 5.02 Å². The average molecular weight is 574 g/mol. The van der Waals surface area contributed by atoms with Crippen LogP contribution in [0.1, 0.15) is 47.2 Å². The molecule has 0 bridgehead atoms. The molecule has 0 unspecified atom stereocenters. The minimum absolute atomic E-state index is 0.00972. The van der Waals surface area contributed by atoms with E-state index >= 15 is 0 Å². The van der Waals surface area contributed by atoms with Crippen LogP contribution in [0.3, 0.4) is 0 Å². The molecule has 2 aromatic rings. The molecule has 0 aromatic carbocycles. The van der Waals surface area contributed by atoms with Crippen LogP contribution in [0.25, 0.3) is 0 Å². The molecule has 0 fully saturated rings. The third kappa shape index (κ3) is 10.2. The van der Waals surface area contributed by atoms with Gasteiger partial charge in [-0.05, 0) is 69.6 Å². The van der Waals surface area contributed by atoms with Crippen LogP contribution >= 0.6 is 27.5 Å². The van der Waals surface area contributed by atoms with Crippen LogP contribution in [0.4, 0.5) is 4.79 Å². The number of rotatable bonds is 8. The molecule has 1 atom stereocenters. The lowest BCUT2D eigenvalue weighted by molar-refractivity contribution is -0.155. The van der Waals surface area contributed by atoms with E-state index in [-0.39, 0.29) is 23.5 Å². The highest BCUT2D eigenvalue weighted by Crippen LogP contribution is 2.18. The van der Waals surface area contributed by atoms with Crippen molar-refractivity contribution in [1.29, 1.82) is 0 Å². The molecule has 0 spiro atoms. The molecule has 1 amide bonds. The maximum Gasteiger partial charge on any atom is 0.408 e. The number of ether oxygens (including phenoxy) is 3. The van der Waals surface area contributed by atoms with Gasteiger partial charge in [0, 0.05) is 18.3 Å². The predicted octanol–water partition coefficient (Wildman–Crippen LogP) is 3.91. The fraction of sp³-hybridized carbons (Fsp3) is 0.522. The summed E-state index contributed by atoms with van der Waals surface area (Å²) in [5, 5.41) is 3.24.